The number of rotatable bonds is 8. The van der Waals surface area contributed by atoms with Crippen molar-refractivity contribution < 1.29 is 13.2 Å². The molecule has 0 aliphatic carbocycles. The van der Waals surface area contributed by atoms with Crippen molar-refractivity contribution in [2.75, 3.05) is 51.6 Å². The molecule has 0 bridgehead atoms. The van der Waals surface area contributed by atoms with Gasteiger partial charge in [0.05, 0.1) is 21.5 Å². The summed E-state index contributed by atoms with van der Waals surface area (Å²) >= 11 is 1.54. The molecule has 6 nitrogen and oxygen atoms in total. The van der Waals surface area contributed by atoms with Crippen LogP contribution < -0.4 is 10.6 Å². The minimum absolute atomic E-state index is 0.110. The largest absolute Gasteiger partial charge is 0.416 e. The van der Waals surface area contributed by atoms with Gasteiger partial charge in [0, 0.05) is 52.4 Å². The summed E-state index contributed by atoms with van der Waals surface area (Å²) in [6.45, 7) is 6.38. The summed E-state index contributed by atoms with van der Waals surface area (Å²) in [7, 11) is 2.14. The highest BCUT2D eigenvalue weighted by molar-refractivity contribution is 7.17. The van der Waals surface area contributed by atoms with Gasteiger partial charge in [0.15, 0.2) is 0 Å². The van der Waals surface area contributed by atoms with Gasteiger partial charge < -0.3 is 15.5 Å². The van der Waals surface area contributed by atoms with Crippen LogP contribution in [0.3, 0.4) is 0 Å². The van der Waals surface area contributed by atoms with E-state index in [2.05, 4.69) is 37.4 Å². The minimum Gasteiger partial charge on any atom is -0.353 e. The number of benzene rings is 1. The first-order valence-corrected chi connectivity index (χ1v) is 11.5. The standard InChI is InChI=1S/C22H27F3N6S/c1-30-9-11-31(12-10-30)8-7-27-21-28-18-6-13-32-20(18)19(29-21)15-26-14-16-4-2-3-5-17(16)22(23,24)25/h2-6,13,26H,7-12,14-15H2,1H3,(H,27,28,29). The number of likely N-dealkylation sites (N-methyl/N-ethyl adjacent to an activating group) is 1. The van der Waals surface area contributed by atoms with E-state index in [-0.39, 0.29) is 12.1 Å². The van der Waals surface area contributed by atoms with Crippen molar-refractivity contribution >= 4 is 27.5 Å². The summed E-state index contributed by atoms with van der Waals surface area (Å²) < 4.78 is 40.6. The lowest BCUT2D eigenvalue weighted by atomic mass is 10.1. The third-order valence-electron chi connectivity index (χ3n) is 5.61. The molecule has 2 aromatic heterocycles. The Hall–Kier alpha value is -2.27. The molecule has 3 heterocycles. The summed E-state index contributed by atoms with van der Waals surface area (Å²) in [5.74, 6) is 0.553. The molecule has 1 aliphatic heterocycles. The van der Waals surface area contributed by atoms with Gasteiger partial charge in [0.2, 0.25) is 5.95 Å². The Morgan fingerprint density at radius 1 is 1.03 bits per heavy atom. The number of halogens is 3. The van der Waals surface area contributed by atoms with Crippen molar-refractivity contribution in [3.05, 3.63) is 52.5 Å². The van der Waals surface area contributed by atoms with E-state index in [0.717, 1.165) is 61.2 Å². The molecule has 0 amide bonds. The lowest BCUT2D eigenvalue weighted by Gasteiger charge is -2.32. The number of nitrogens with one attached hydrogen (secondary N) is 2. The van der Waals surface area contributed by atoms with Crippen LogP contribution >= 0.6 is 11.3 Å². The van der Waals surface area contributed by atoms with Gasteiger partial charge in [0.1, 0.15) is 0 Å². The molecule has 1 saturated heterocycles. The molecule has 172 valence electrons. The van der Waals surface area contributed by atoms with E-state index in [1.165, 1.54) is 23.5 Å². The zero-order valence-electron chi connectivity index (χ0n) is 18.0. The van der Waals surface area contributed by atoms with Crippen molar-refractivity contribution in [1.29, 1.82) is 0 Å². The maximum atomic E-state index is 13.2. The van der Waals surface area contributed by atoms with Gasteiger partial charge in [-0.3, -0.25) is 4.90 Å². The summed E-state index contributed by atoms with van der Waals surface area (Å²) in [6, 6.07) is 7.59. The molecule has 1 aliphatic rings. The van der Waals surface area contributed by atoms with Crippen LogP contribution in [-0.2, 0) is 19.3 Å². The zero-order chi connectivity index (χ0) is 22.6. The van der Waals surface area contributed by atoms with E-state index in [1.807, 2.05) is 11.4 Å². The normalized spacial score (nSPS) is 16.0. The van der Waals surface area contributed by atoms with E-state index < -0.39 is 11.7 Å². The van der Waals surface area contributed by atoms with Crippen molar-refractivity contribution in [3.8, 4) is 0 Å². The number of thiophene rings is 1. The topological polar surface area (TPSA) is 56.3 Å². The number of hydrogen-bond donors (Lipinski definition) is 2. The molecular formula is C22H27F3N6S. The average Bonchev–Trinajstić information content (AvgIpc) is 3.24. The van der Waals surface area contributed by atoms with Gasteiger partial charge in [-0.05, 0) is 30.1 Å². The Morgan fingerprint density at radius 3 is 2.59 bits per heavy atom. The second kappa shape index (κ2) is 10.1. The fourth-order valence-electron chi connectivity index (χ4n) is 3.79. The smallest absolute Gasteiger partial charge is 0.353 e. The molecule has 3 aromatic rings. The fourth-order valence-corrected chi connectivity index (χ4v) is 4.61. The van der Waals surface area contributed by atoms with Crippen LogP contribution in [0.5, 0.6) is 0 Å². The van der Waals surface area contributed by atoms with E-state index in [1.54, 1.807) is 6.07 Å². The SMILES string of the molecule is CN1CCN(CCNc2nc(CNCc3ccccc3C(F)(F)F)c3sccc3n2)CC1. The summed E-state index contributed by atoms with van der Waals surface area (Å²) in [5, 5.41) is 8.39. The predicted octanol–water partition coefficient (Wildman–Crippen LogP) is 3.66. The van der Waals surface area contributed by atoms with E-state index in [0.29, 0.717) is 12.5 Å². The molecule has 0 radical (unpaired) electrons. The average molecular weight is 465 g/mol. The van der Waals surface area contributed by atoms with Crippen LogP contribution in [0.4, 0.5) is 19.1 Å². The number of anilines is 1. The number of alkyl halides is 3. The Labute approximate surface area is 189 Å². The maximum absolute atomic E-state index is 13.2. The molecule has 2 N–H and O–H groups in total. The molecule has 1 fully saturated rings. The fraction of sp³-hybridized carbons (Fsp3) is 0.455. The lowest BCUT2D eigenvalue weighted by Crippen LogP contribution is -2.45. The zero-order valence-corrected chi connectivity index (χ0v) is 18.8. The minimum atomic E-state index is -4.37. The first-order chi connectivity index (χ1) is 15.4. The van der Waals surface area contributed by atoms with Crippen molar-refractivity contribution in [2.45, 2.75) is 19.3 Å². The van der Waals surface area contributed by atoms with Crippen LogP contribution in [0.1, 0.15) is 16.8 Å². The van der Waals surface area contributed by atoms with Gasteiger partial charge in [-0.2, -0.15) is 13.2 Å². The molecule has 0 saturated carbocycles. The van der Waals surface area contributed by atoms with Crippen molar-refractivity contribution in [3.63, 3.8) is 0 Å². The number of hydrogen-bond acceptors (Lipinski definition) is 7. The quantitative estimate of drug-likeness (QED) is 0.531. The first kappa shape index (κ1) is 22.9. The maximum Gasteiger partial charge on any atom is 0.416 e. The van der Waals surface area contributed by atoms with Crippen molar-refractivity contribution in [2.24, 2.45) is 0 Å². The number of piperazine rings is 1. The molecule has 0 unspecified atom stereocenters. The molecule has 0 spiro atoms. The third kappa shape index (κ3) is 5.74. The first-order valence-electron chi connectivity index (χ1n) is 10.6. The van der Waals surface area contributed by atoms with Gasteiger partial charge in [-0.25, -0.2) is 9.97 Å². The summed E-state index contributed by atoms with van der Waals surface area (Å²) in [4.78, 5) is 14.0. The Balaban J connectivity index is 1.38. The number of fused-ring (bicyclic) bond motifs is 1. The molecule has 1 aromatic carbocycles. The predicted molar refractivity (Wildman–Crippen MR) is 122 cm³/mol. The second-order valence-electron chi connectivity index (χ2n) is 7.96. The third-order valence-corrected chi connectivity index (χ3v) is 6.56. The Kier molecular flexibility index (Phi) is 7.24. The summed E-state index contributed by atoms with van der Waals surface area (Å²) in [5.41, 5.74) is 1.25. The monoisotopic (exact) mass is 464 g/mol. The van der Waals surface area contributed by atoms with Gasteiger partial charge in [-0.15, -0.1) is 11.3 Å². The van der Waals surface area contributed by atoms with Crippen LogP contribution in [0.2, 0.25) is 0 Å². The Morgan fingerprint density at radius 2 is 1.81 bits per heavy atom. The molecule has 4 rings (SSSR count). The van der Waals surface area contributed by atoms with Crippen LogP contribution in [-0.4, -0.2) is 66.1 Å². The van der Waals surface area contributed by atoms with E-state index in [9.17, 15) is 13.2 Å². The Bertz CT molecular complexity index is 1030. The molecule has 0 atom stereocenters. The van der Waals surface area contributed by atoms with Gasteiger partial charge >= 0.3 is 6.18 Å². The highest BCUT2D eigenvalue weighted by Gasteiger charge is 2.32. The van der Waals surface area contributed by atoms with Gasteiger partial charge in [0.25, 0.3) is 0 Å². The summed E-state index contributed by atoms with van der Waals surface area (Å²) in [6.07, 6.45) is -4.37. The molecular weight excluding hydrogens is 437 g/mol. The second-order valence-corrected chi connectivity index (χ2v) is 8.88. The lowest BCUT2D eigenvalue weighted by molar-refractivity contribution is -0.138. The van der Waals surface area contributed by atoms with Gasteiger partial charge in [-0.1, -0.05) is 18.2 Å². The number of aromatic nitrogens is 2. The van der Waals surface area contributed by atoms with Crippen LogP contribution in [0.25, 0.3) is 10.2 Å². The van der Waals surface area contributed by atoms with Crippen molar-refractivity contribution in [1.82, 2.24) is 25.1 Å². The van der Waals surface area contributed by atoms with E-state index >= 15 is 0 Å². The highest BCUT2D eigenvalue weighted by Crippen LogP contribution is 2.32. The van der Waals surface area contributed by atoms with Crippen LogP contribution in [0, 0.1) is 0 Å². The molecule has 32 heavy (non-hydrogen) atoms. The highest BCUT2D eigenvalue weighted by atomic mass is 32.1. The van der Waals surface area contributed by atoms with Crippen LogP contribution in [0.15, 0.2) is 35.7 Å². The molecule has 10 heteroatoms. The number of nitrogens with zero attached hydrogens (tertiary/aromatic N) is 4. The van der Waals surface area contributed by atoms with E-state index in [4.69, 9.17) is 0 Å².